The normalized spacial score (nSPS) is 29.1. The van der Waals surface area contributed by atoms with Crippen LogP contribution in [0.25, 0.3) is 0 Å². The van der Waals surface area contributed by atoms with Crippen LogP contribution in [0, 0.1) is 17.3 Å². The lowest BCUT2D eigenvalue weighted by molar-refractivity contribution is 0.0252. The Bertz CT molecular complexity index is 492. The summed E-state index contributed by atoms with van der Waals surface area (Å²) in [6.45, 7) is 7.63. The predicted molar refractivity (Wildman–Crippen MR) is 90.7 cm³/mol. The van der Waals surface area contributed by atoms with Crippen LogP contribution >= 0.6 is 0 Å². The third-order valence-corrected chi connectivity index (χ3v) is 6.48. The standard InChI is InChI=1S/C17H31NO3S/c1-14-5-4-6-15(2)16(14)11-18-12-17(13-22(3,19)20)7-9-21-10-8-17/h5,15-16,18H,4,6-13H2,1-3H3/t15-,16+/m0/s1. The second kappa shape index (κ2) is 7.45. The van der Waals surface area contributed by atoms with Crippen molar-refractivity contribution < 1.29 is 13.2 Å². The molecule has 4 nitrogen and oxygen atoms in total. The first kappa shape index (κ1) is 18.0. The molecular weight excluding hydrogens is 298 g/mol. The largest absolute Gasteiger partial charge is 0.381 e. The number of rotatable bonds is 6. The number of sulfone groups is 1. The van der Waals surface area contributed by atoms with Gasteiger partial charge in [-0.05, 0) is 44.4 Å². The Morgan fingerprint density at radius 1 is 1.36 bits per heavy atom. The number of hydrogen-bond acceptors (Lipinski definition) is 4. The summed E-state index contributed by atoms with van der Waals surface area (Å²) in [5, 5.41) is 3.59. The van der Waals surface area contributed by atoms with Gasteiger partial charge in [0, 0.05) is 38.0 Å². The molecule has 0 unspecified atom stereocenters. The van der Waals surface area contributed by atoms with Crippen LogP contribution in [0.15, 0.2) is 11.6 Å². The molecule has 1 heterocycles. The Labute approximate surface area is 135 Å². The molecule has 0 radical (unpaired) electrons. The molecule has 0 aromatic rings. The molecule has 0 aromatic carbocycles. The summed E-state index contributed by atoms with van der Waals surface area (Å²) in [6.07, 6.45) is 7.82. The van der Waals surface area contributed by atoms with Crippen molar-refractivity contribution >= 4 is 9.84 Å². The lowest BCUT2D eigenvalue weighted by Crippen LogP contribution is -2.45. The third-order valence-electron chi connectivity index (χ3n) is 5.35. The summed E-state index contributed by atoms with van der Waals surface area (Å²) < 4.78 is 29.0. The smallest absolute Gasteiger partial charge is 0.148 e. The van der Waals surface area contributed by atoms with E-state index in [0.717, 1.165) is 25.9 Å². The van der Waals surface area contributed by atoms with Gasteiger partial charge in [-0.3, -0.25) is 0 Å². The van der Waals surface area contributed by atoms with E-state index in [4.69, 9.17) is 4.74 Å². The van der Waals surface area contributed by atoms with Crippen molar-refractivity contribution in [1.82, 2.24) is 5.32 Å². The maximum Gasteiger partial charge on any atom is 0.148 e. The van der Waals surface area contributed by atoms with E-state index in [-0.39, 0.29) is 11.2 Å². The van der Waals surface area contributed by atoms with Gasteiger partial charge in [0.1, 0.15) is 9.84 Å². The van der Waals surface area contributed by atoms with Gasteiger partial charge in [0.15, 0.2) is 0 Å². The molecule has 0 saturated carbocycles. The second-order valence-corrected chi connectivity index (χ2v) is 9.56. The summed E-state index contributed by atoms with van der Waals surface area (Å²) in [5.74, 6) is 1.56. The number of nitrogens with one attached hydrogen (secondary N) is 1. The summed E-state index contributed by atoms with van der Waals surface area (Å²) in [5.41, 5.74) is 1.33. The van der Waals surface area contributed by atoms with Crippen LogP contribution in [-0.2, 0) is 14.6 Å². The molecule has 2 rings (SSSR count). The fraction of sp³-hybridized carbons (Fsp3) is 0.882. The van der Waals surface area contributed by atoms with Crippen LogP contribution < -0.4 is 5.32 Å². The van der Waals surface area contributed by atoms with Crippen LogP contribution in [0.2, 0.25) is 0 Å². The lowest BCUT2D eigenvalue weighted by atomic mass is 9.79. The van der Waals surface area contributed by atoms with Crippen molar-refractivity contribution in [1.29, 1.82) is 0 Å². The van der Waals surface area contributed by atoms with E-state index in [1.165, 1.54) is 24.7 Å². The summed E-state index contributed by atoms with van der Waals surface area (Å²) in [4.78, 5) is 0. The zero-order valence-corrected chi connectivity index (χ0v) is 15.0. The molecule has 22 heavy (non-hydrogen) atoms. The fourth-order valence-electron chi connectivity index (χ4n) is 3.96. The topological polar surface area (TPSA) is 55.4 Å². The van der Waals surface area contributed by atoms with Crippen LogP contribution in [0.4, 0.5) is 0 Å². The molecule has 5 heteroatoms. The number of allylic oxidation sites excluding steroid dienone is 1. The second-order valence-electron chi connectivity index (χ2n) is 7.42. The van der Waals surface area contributed by atoms with E-state index in [1.54, 1.807) is 0 Å². The first-order chi connectivity index (χ1) is 10.3. The average Bonchev–Trinajstić information content (AvgIpc) is 2.41. The number of ether oxygens (including phenoxy) is 1. The van der Waals surface area contributed by atoms with Crippen molar-refractivity contribution in [2.45, 2.75) is 39.5 Å². The zero-order chi connectivity index (χ0) is 16.2. The fourth-order valence-corrected chi connectivity index (χ4v) is 5.47. The van der Waals surface area contributed by atoms with Gasteiger partial charge in [-0.15, -0.1) is 0 Å². The highest BCUT2D eigenvalue weighted by Gasteiger charge is 2.36. The molecule has 0 spiro atoms. The highest BCUT2D eigenvalue weighted by atomic mass is 32.2. The van der Waals surface area contributed by atoms with Crippen molar-refractivity contribution in [3.8, 4) is 0 Å². The van der Waals surface area contributed by atoms with E-state index in [2.05, 4.69) is 25.2 Å². The van der Waals surface area contributed by atoms with Crippen LogP contribution in [-0.4, -0.2) is 46.7 Å². The first-order valence-electron chi connectivity index (χ1n) is 8.44. The molecular formula is C17H31NO3S. The lowest BCUT2D eigenvalue weighted by Gasteiger charge is -2.38. The first-order valence-corrected chi connectivity index (χ1v) is 10.5. The highest BCUT2D eigenvalue weighted by Crippen LogP contribution is 2.33. The van der Waals surface area contributed by atoms with Crippen molar-refractivity contribution in [2.75, 3.05) is 38.3 Å². The molecule has 1 N–H and O–H groups in total. The molecule has 2 aliphatic rings. The molecule has 1 fully saturated rings. The molecule has 1 aliphatic carbocycles. The van der Waals surface area contributed by atoms with E-state index >= 15 is 0 Å². The molecule has 128 valence electrons. The molecule has 0 aromatic heterocycles. The van der Waals surface area contributed by atoms with Gasteiger partial charge in [0.2, 0.25) is 0 Å². The summed E-state index contributed by atoms with van der Waals surface area (Å²) in [6, 6.07) is 0. The van der Waals surface area contributed by atoms with E-state index in [9.17, 15) is 8.42 Å². The van der Waals surface area contributed by atoms with Gasteiger partial charge in [0.05, 0.1) is 5.75 Å². The SMILES string of the molecule is CC1=CCC[C@H](C)[C@@H]1CNCC1(CS(C)(=O)=O)CCOCC1. The molecule has 1 aliphatic heterocycles. The van der Waals surface area contributed by atoms with Gasteiger partial charge in [-0.2, -0.15) is 0 Å². The van der Waals surface area contributed by atoms with Gasteiger partial charge < -0.3 is 10.1 Å². The van der Waals surface area contributed by atoms with Crippen molar-refractivity contribution in [2.24, 2.45) is 17.3 Å². The zero-order valence-electron chi connectivity index (χ0n) is 14.2. The average molecular weight is 330 g/mol. The minimum Gasteiger partial charge on any atom is -0.381 e. The summed E-state index contributed by atoms with van der Waals surface area (Å²) in [7, 11) is -2.97. The molecule has 1 saturated heterocycles. The summed E-state index contributed by atoms with van der Waals surface area (Å²) >= 11 is 0. The minimum atomic E-state index is -2.97. The van der Waals surface area contributed by atoms with Crippen LogP contribution in [0.1, 0.15) is 39.5 Å². The van der Waals surface area contributed by atoms with Crippen molar-refractivity contribution in [3.63, 3.8) is 0 Å². The van der Waals surface area contributed by atoms with Gasteiger partial charge in [-0.1, -0.05) is 18.6 Å². The molecule has 0 bridgehead atoms. The predicted octanol–water partition coefficient (Wildman–Crippen LogP) is 2.41. The molecule has 2 atom stereocenters. The van der Waals surface area contributed by atoms with E-state index in [1.807, 2.05) is 0 Å². The highest BCUT2D eigenvalue weighted by molar-refractivity contribution is 7.90. The Morgan fingerprint density at radius 3 is 2.64 bits per heavy atom. The minimum absolute atomic E-state index is 0.151. The third kappa shape index (κ3) is 5.07. The Kier molecular flexibility index (Phi) is 6.08. The van der Waals surface area contributed by atoms with Gasteiger partial charge in [-0.25, -0.2) is 8.42 Å². The van der Waals surface area contributed by atoms with Crippen molar-refractivity contribution in [3.05, 3.63) is 11.6 Å². The monoisotopic (exact) mass is 329 g/mol. The van der Waals surface area contributed by atoms with Crippen LogP contribution in [0.3, 0.4) is 0 Å². The quantitative estimate of drug-likeness (QED) is 0.760. The van der Waals surface area contributed by atoms with Crippen LogP contribution in [0.5, 0.6) is 0 Å². The number of hydrogen-bond donors (Lipinski definition) is 1. The van der Waals surface area contributed by atoms with Gasteiger partial charge in [0.25, 0.3) is 0 Å². The molecule has 0 amide bonds. The maximum absolute atomic E-state index is 11.8. The van der Waals surface area contributed by atoms with Gasteiger partial charge >= 0.3 is 0 Å². The maximum atomic E-state index is 11.8. The Balaban J connectivity index is 1.94. The Hall–Kier alpha value is -0.390. The Morgan fingerprint density at radius 2 is 2.05 bits per heavy atom. The van der Waals surface area contributed by atoms with E-state index in [0.29, 0.717) is 25.0 Å². The van der Waals surface area contributed by atoms with E-state index < -0.39 is 9.84 Å².